The molecular weight excluding hydrogens is 232 g/mol. The number of hydrogen-bond acceptors (Lipinski definition) is 1. The summed E-state index contributed by atoms with van der Waals surface area (Å²) in [7, 11) is 0. The second-order valence-corrected chi connectivity index (χ2v) is 4.97. The SMILES string of the molecule is CCCC(c1ccccc1)c1ccc(CCO)cc1. The van der Waals surface area contributed by atoms with Gasteiger partial charge in [-0.1, -0.05) is 67.9 Å². The van der Waals surface area contributed by atoms with E-state index in [1.807, 2.05) is 0 Å². The molecule has 2 aromatic carbocycles. The lowest BCUT2D eigenvalue weighted by Crippen LogP contribution is -2.01. The summed E-state index contributed by atoms with van der Waals surface area (Å²) in [5, 5.41) is 8.96. The Balaban J connectivity index is 2.24. The average molecular weight is 254 g/mol. The number of benzene rings is 2. The number of aliphatic hydroxyl groups is 1. The maximum Gasteiger partial charge on any atom is 0.0471 e. The first-order valence-corrected chi connectivity index (χ1v) is 7.09. The average Bonchev–Trinajstić information content (AvgIpc) is 2.47. The zero-order valence-corrected chi connectivity index (χ0v) is 11.5. The van der Waals surface area contributed by atoms with Crippen LogP contribution in [0.4, 0.5) is 0 Å². The lowest BCUT2D eigenvalue weighted by atomic mass is 9.87. The van der Waals surface area contributed by atoms with Crippen LogP contribution in [0.3, 0.4) is 0 Å². The van der Waals surface area contributed by atoms with Crippen molar-refractivity contribution in [3.8, 4) is 0 Å². The van der Waals surface area contributed by atoms with Crippen LogP contribution in [0.25, 0.3) is 0 Å². The minimum atomic E-state index is 0.219. The summed E-state index contributed by atoms with van der Waals surface area (Å²) in [6.07, 6.45) is 3.09. The molecule has 0 spiro atoms. The Morgan fingerprint density at radius 2 is 1.53 bits per heavy atom. The van der Waals surface area contributed by atoms with E-state index in [9.17, 15) is 0 Å². The smallest absolute Gasteiger partial charge is 0.0471 e. The van der Waals surface area contributed by atoms with Gasteiger partial charge in [0, 0.05) is 12.5 Å². The summed E-state index contributed by atoms with van der Waals surface area (Å²) in [5.41, 5.74) is 3.96. The first-order valence-electron chi connectivity index (χ1n) is 7.09. The maximum absolute atomic E-state index is 8.96. The van der Waals surface area contributed by atoms with Crippen molar-refractivity contribution >= 4 is 0 Å². The molecule has 0 saturated heterocycles. The summed E-state index contributed by atoms with van der Waals surface area (Å²) in [6.45, 7) is 2.45. The summed E-state index contributed by atoms with van der Waals surface area (Å²) in [4.78, 5) is 0. The minimum Gasteiger partial charge on any atom is -0.396 e. The van der Waals surface area contributed by atoms with E-state index in [1.54, 1.807) is 0 Å². The van der Waals surface area contributed by atoms with Crippen molar-refractivity contribution in [2.75, 3.05) is 6.61 Å². The van der Waals surface area contributed by atoms with Gasteiger partial charge in [-0.25, -0.2) is 0 Å². The summed E-state index contributed by atoms with van der Waals surface area (Å²) in [5.74, 6) is 0.481. The van der Waals surface area contributed by atoms with Gasteiger partial charge in [0.05, 0.1) is 0 Å². The van der Waals surface area contributed by atoms with E-state index in [0.29, 0.717) is 5.92 Å². The van der Waals surface area contributed by atoms with E-state index in [0.717, 1.165) is 6.42 Å². The van der Waals surface area contributed by atoms with Crippen molar-refractivity contribution in [3.63, 3.8) is 0 Å². The van der Waals surface area contributed by atoms with Crippen molar-refractivity contribution in [2.45, 2.75) is 32.1 Å². The van der Waals surface area contributed by atoms with Crippen molar-refractivity contribution < 1.29 is 5.11 Å². The topological polar surface area (TPSA) is 20.2 Å². The van der Waals surface area contributed by atoms with Crippen LogP contribution >= 0.6 is 0 Å². The van der Waals surface area contributed by atoms with Crippen LogP contribution in [0.15, 0.2) is 54.6 Å². The van der Waals surface area contributed by atoms with Crippen molar-refractivity contribution in [1.29, 1.82) is 0 Å². The zero-order chi connectivity index (χ0) is 13.5. The van der Waals surface area contributed by atoms with E-state index >= 15 is 0 Å². The van der Waals surface area contributed by atoms with Crippen LogP contribution in [0.1, 0.15) is 42.4 Å². The van der Waals surface area contributed by atoms with Crippen LogP contribution < -0.4 is 0 Å². The van der Waals surface area contributed by atoms with E-state index in [-0.39, 0.29) is 6.61 Å². The minimum absolute atomic E-state index is 0.219. The van der Waals surface area contributed by atoms with Gasteiger partial charge >= 0.3 is 0 Å². The second-order valence-electron chi connectivity index (χ2n) is 4.97. The number of aliphatic hydroxyl groups excluding tert-OH is 1. The van der Waals surface area contributed by atoms with Crippen LogP contribution in [0.5, 0.6) is 0 Å². The number of rotatable bonds is 6. The molecule has 0 radical (unpaired) electrons. The quantitative estimate of drug-likeness (QED) is 0.821. The normalized spacial score (nSPS) is 12.3. The molecule has 1 unspecified atom stereocenters. The lowest BCUT2D eigenvalue weighted by Gasteiger charge is -2.17. The van der Waals surface area contributed by atoms with Crippen molar-refractivity contribution in [1.82, 2.24) is 0 Å². The molecule has 0 bridgehead atoms. The molecule has 1 nitrogen and oxygen atoms in total. The van der Waals surface area contributed by atoms with Crippen molar-refractivity contribution in [3.05, 3.63) is 71.3 Å². The molecule has 0 aromatic heterocycles. The lowest BCUT2D eigenvalue weighted by molar-refractivity contribution is 0.299. The molecule has 100 valence electrons. The molecule has 0 amide bonds. The summed E-state index contributed by atoms with van der Waals surface area (Å²) >= 11 is 0. The molecule has 1 atom stereocenters. The molecule has 1 N–H and O–H groups in total. The molecule has 0 aliphatic carbocycles. The fourth-order valence-corrected chi connectivity index (χ4v) is 2.55. The van der Waals surface area contributed by atoms with Gasteiger partial charge in [0.15, 0.2) is 0 Å². The highest BCUT2D eigenvalue weighted by Gasteiger charge is 2.12. The Morgan fingerprint density at radius 3 is 2.11 bits per heavy atom. The third-order valence-electron chi connectivity index (χ3n) is 3.56. The molecule has 2 aromatic rings. The first-order chi connectivity index (χ1) is 9.35. The van der Waals surface area contributed by atoms with Gasteiger partial charge < -0.3 is 5.11 Å². The third kappa shape index (κ3) is 3.68. The fraction of sp³-hybridized carbons (Fsp3) is 0.333. The largest absolute Gasteiger partial charge is 0.396 e. The number of hydrogen-bond donors (Lipinski definition) is 1. The second kappa shape index (κ2) is 7.10. The molecule has 0 fully saturated rings. The molecule has 0 saturated carbocycles. The van der Waals surface area contributed by atoms with Gasteiger partial charge in [-0.3, -0.25) is 0 Å². The van der Waals surface area contributed by atoms with Gasteiger partial charge in [0.2, 0.25) is 0 Å². The highest BCUT2D eigenvalue weighted by molar-refractivity contribution is 5.34. The van der Waals surface area contributed by atoms with Gasteiger partial charge in [-0.2, -0.15) is 0 Å². The van der Waals surface area contributed by atoms with Crippen molar-refractivity contribution in [2.24, 2.45) is 0 Å². The standard InChI is InChI=1S/C18H22O/c1-2-6-18(16-7-4-3-5-8-16)17-11-9-15(10-12-17)13-14-19/h3-5,7-12,18-19H,2,6,13-14H2,1H3. The molecule has 2 rings (SSSR count). The highest BCUT2D eigenvalue weighted by atomic mass is 16.2. The predicted molar refractivity (Wildman–Crippen MR) is 80.4 cm³/mol. The Bertz CT molecular complexity index is 473. The summed E-state index contributed by atoms with van der Waals surface area (Å²) in [6, 6.07) is 19.4. The van der Waals surface area contributed by atoms with Gasteiger partial charge in [-0.15, -0.1) is 0 Å². The van der Waals surface area contributed by atoms with Crippen LogP contribution in [0, 0.1) is 0 Å². The van der Waals surface area contributed by atoms with E-state index < -0.39 is 0 Å². The molecule has 0 heterocycles. The van der Waals surface area contributed by atoms with Gasteiger partial charge in [0.25, 0.3) is 0 Å². The van der Waals surface area contributed by atoms with Gasteiger partial charge in [-0.05, 0) is 29.5 Å². The van der Waals surface area contributed by atoms with Crippen LogP contribution in [-0.2, 0) is 6.42 Å². The molecule has 0 aliphatic heterocycles. The predicted octanol–water partition coefficient (Wildman–Crippen LogP) is 4.15. The fourth-order valence-electron chi connectivity index (χ4n) is 2.55. The van der Waals surface area contributed by atoms with E-state index in [4.69, 9.17) is 5.11 Å². The Morgan fingerprint density at radius 1 is 0.895 bits per heavy atom. The van der Waals surface area contributed by atoms with Gasteiger partial charge in [0.1, 0.15) is 0 Å². The molecule has 0 aliphatic rings. The van der Waals surface area contributed by atoms with Crippen LogP contribution in [-0.4, -0.2) is 11.7 Å². The zero-order valence-electron chi connectivity index (χ0n) is 11.5. The molecule has 1 heteroatoms. The Labute approximate surface area is 115 Å². The summed E-state index contributed by atoms with van der Waals surface area (Å²) < 4.78 is 0. The Hall–Kier alpha value is -1.60. The van der Waals surface area contributed by atoms with Crippen LogP contribution in [0.2, 0.25) is 0 Å². The van der Waals surface area contributed by atoms with E-state index in [1.165, 1.54) is 29.5 Å². The first kappa shape index (κ1) is 13.8. The Kier molecular flexibility index (Phi) is 5.17. The molecular formula is C18H22O. The highest BCUT2D eigenvalue weighted by Crippen LogP contribution is 2.29. The monoisotopic (exact) mass is 254 g/mol. The maximum atomic E-state index is 8.96. The van der Waals surface area contributed by atoms with E-state index in [2.05, 4.69) is 61.5 Å². The molecule has 19 heavy (non-hydrogen) atoms. The third-order valence-corrected chi connectivity index (χ3v) is 3.56.